The van der Waals surface area contributed by atoms with Gasteiger partial charge >= 0.3 is 0 Å². The molecule has 8 heteroatoms. The summed E-state index contributed by atoms with van der Waals surface area (Å²) in [5.41, 5.74) is 1.17. The van der Waals surface area contributed by atoms with E-state index in [1.165, 1.54) is 10.9 Å². The van der Waals surface area contributed by atoms with Crippen molar-refractivity contribution in [3.05, 3.63) is 52.0 Å². The molecule has 0 spiro atoms. The van der Waals surface area contributed by atoms with Crippen molar-refractivity contribution in [2.75, 3.05) is 0 Å². The molecule has 0 aliphatic heterocycles. The Hall–Kier alpha value is -2.61. The quantitative estimate of drug-likeness (QED) is 0.778. The fourth-order valence-corrected chi connectivity index (χ4v) is 2.64. The molecule has 3 rings (SSSR count). The van der Waals surface area contributed by atoms with Gasteiger partial charge in [0.05, 0.1) is 6.54 Å². The van der Waals surface area contributed by atoms with Gasteiger partial charge in [0.25, 0.3) is 0 Å². The van der Waals surface area contributed by atoms with Gasteiger partial charge in [-0.2, -0.15) is 4.80 Å². The van der Waals surface area contributed by atoms with Crippen LogP contribution in [0.15, 0.2) is 35.7 Å². The number of rotatable bonds is 5. The Morgan fingerprint density at radius 3 is 3.00 bits per heavy atom. The molecule has 0 bridgehead atoms. The van der Waals surface area contributed by atoms with E-state index in [0.29, 0.717) is 23.5 Å². The number of benzene rings is 1. The zero-order valence-electron chi connectivity index (χ0n) is 12.4. The third-order valence-electron chi connectivity index (χ3n) is 3.19. The van der Waals surface area contributed by atoms with Gasteiger partial charge in [0, 0.05) is 10.4 Å². The van der Waals surface area contributed by atoms with Crippen molar-refractivity contribution in [3.8, 4) is 11.4 Å². The smallest absolute Gasteiger partial charge is 0.243 e. The number of tetrazole rings is 1. The van der Waals surface area contributed by atoms with Crippen molar-refractivity contribution >= 4 is 17.2 Å². The van der Waals surface area contributed by atoms with Crippen LogP contribution < -0.4 is 5.32 Å². The van der Waals surface area contributed by atoms with Gasteiger partial charge in [-0.1, -0.05) is 6.07 Å². The third kappa shape index (κ3) is 3.78. The van der Waals surface area contributed by atoms with Crippen molar-refractivity contribution in [1.29, 1.82) is 0 Å². The highest BCUT2D eigenvalue weighted by molar-refractivity contribution is 7.09. The van der Waals surface area contributed by atoms with Crippen molar-refractivity contribution in [3.63, 3.8) is 0 Å². The Labute approximate surface area is 136 Å². The molecule has 1 aromatic carbocycles. The zero-order valence-corrected chi connectivity index (χ0v) is 13.2. The normalized spacial score (nSPS) is 10.7. The lowest BCUT2D eigenvalue weighted by Crippen LogP contribution is -2.27. The third-order valence-corrected chi connectivity index (χ3v) is 4.07. The first-order chi connectivity index (χ1) is 11.1. The fraction of sp³-hybridized carbons (Fsp3) is 0.200. The minimum atomic E-state index is -0.283. The Balaban J connectivity index is 1.62. The molecular weight excluding hydrogens is 317 g/mol. The van der Waals surface area contributed by atoms with Crippen LogP contribution in [0.1, 0.15) is 10.4 Å². The highest BCUT2D eigenvalue weighted by Crippen LogP contribution is 2.17. The van der Waals surface area contributed by atoms with Crippen LogP contribution in [0, 0.1) is 12.7 Å². The molecule has 0 atom stereocenters. The molecule has 0 saturated carbocycles. The highest BCUT2D eigenvalue weighted by Gasteiger charge is 2.10. The predicted octanol–water partition coefficient (Wildman–Crippen LogP) is 2.17. The summed E-state index contributed by atoms with van der Waals surface area (Å²) >= 11 is 1.58. The molecule has 1 amide bonds. The second-order valence-electron chi connectivity index (χ2n) is 4.96. The van der Waals surface area contributed by atoms with Crippen LogP contribution >= 0.6 is 11.3 Å². The summed E-state index contributed by atoms with van der Waals surface area (Å²) in [6, 6.07) is 8.48. The summed E-state index contributed by atoms with van der Waals surface area (Å²) in [5.74, 6) is -0.120. The Bertz CT molecular complexity index is 815. The van der Waals surface area contributed by atoms with Crippen molar-refractivity contribution in [2.24, 2.45) is 0 Å². The lowest BCUT2D eigenvalue weighted by Gasteiger charge is -2.02. The topological polar surface area (TPSA) is 72.7 Å². The van der Waals surface area contributed by atoms with Gasteiger partial charge in [0.2, 0.25) is 11.7 Å². The largest absolute Gasteiger partial charge is 0.350 e. The van der Waals surface area contributed by atoms with Crippen LogP contribution in [-0.4, -0.2) is 26.1 Å². The van der Waals surface area contributed by atoms with Gasteiger partial charge in [-0.25, -0.2) is 4.39 Å². The van der Waals surface area contributed by atoms with Crippen LogP contribution in [0.25, 0.3) is 11.4 Å². The number of amides is 1. The summed E-state index contributed by atoms with van der Waals surface area (Å²) in [6.45, 7) is 2.13. The number of halogens is 1. The van der Waals surface area contributed by atoms with Gasteiger partial charge in [0.1, 0.15) is 12.4 Å². The van der Waals surface area contributed by atoms with E-state index in [1.54, 1.807) is 30.4 Å². The van der Waals surface area contributed by atoms with Gasteiger partial charge in [0.15, 0.2) is 0 Å². The van der Waals surface area contributed by atoms with Crippen molar-refractivity contribution in [2.45, 2.75) is 20.0 Å². The SMILES string of the molecule is Cc1cc(-c2nnn(CC(=O)NCc3cccs3)n2)ccc1F. The molecule has 118 valence electrons. The number of aryl methyl sites for hydroxylation is 1. The van der Waals surface area contributed by atoms with E-state index in [9.17, 15) is 9.18 Å². The number of carbonyl (C=O) groups is 1. The summed E-state index contributed by atoms with van der Waals surface area (Å²) < 4.78 is 13.3. The molecule has 2 aromatic heterocycles. The molecule has 3 aromatic rings. The molecule has 0 aliphatic carbocycles. The van der Waals surface area contributed by atoms with Gasteiger partial charge in [-0.05, 0) is 47.3 Å². The number of nitrogens with one attached hydrogen (secondary N) is 1. The highest BCUT2D eigenvalue weighted by atomic mass is 32.1. The average Bonchev–Trinajstić information content (AvgIpc) is 3.19. The lowest BCUT2D eigenvalue weighted by molar-refractivity contribution is -0.122. The number of hydrogen-bond donors (Lipinski definition) is 1. The first-order valence-corrected chi connectivity index (χ1v) is 7.83. The van der Waals surface area contributed by atoms with Gasteiger partial charge < -0.3 is 5.32 Å². The van der Waals surface area contributed by atoms with E-state index in [4.69, 9.17) is 0 Å². The molecule has 0 radical (unpaired) electrons. The summed E-state index contributed by atoms with van der Waals surface area (Å²) in [6.07, 6.45) is 0. The van der Waals surface area contributed by atoms with E-state index in [1.807, 2.05) is 17.5 Å². The molecule has 1 N–H and O–H groups in total. The number of aromatic nitrogens is 4. The lowest BCUT2D eigenvalue weighted by atomic mass is 10.1. The second-order valence-corrected chi connectivity index (χ2v) is 6.00. The van der Waals surface area contributed by atoms with Crippen LogP contribution in [0.3, 0.4) is 0 Å². The predicted molar refractivity (Wildman–Crippen MR) is 84.1 cm³/mol. The molecule has 0 aliphatic rings. The maximum atomic E-state index is 13.3. The monoisotopic (exact) mass is 331 g/mol. The van der Waals surface area contributed by atoms with Crippen molar-refractivity contribution < 1.29 is 9.18 Å². The summed E-state index contributed by atoms with van der Waals surface area (Å²) in [4.78, 5) is 14.2. The first kappa shape index (κ1) is 15.3. The van der Waals surface area contributed by atoms with E-state index in [0.717, 1.165) is 4.88 Å². The Kier molecular flexibility index (Phi) is 4.42. The van der Waals surface area contributed by atoms with Crippen molar-refractivity contribution in [1.82, 2.24) is 25.5 Å². The minimum absolute atomic E-state index is 0.0153. The molecule has 6 nitrogen and oxygen atoms in total. The number of carbonyl (C=O) groups excluding carboxylic acids is 1. The maximum absolute atomic E-state index is 13.3. The molecule has 0 saturated heterocycles. The standard InChI is InChI=1S/C15H14FN5OS/c1-10-7-11(4-5-13(10)16)15-18-20-21(19-15)9-14(22)17-8-12-3-2-6-23-12/h2-7H,8-9H2,1H3,(H,17,22). The molecule has 2 heterocycles. The molecule has 23 heavy (non-hydrogen) atoms. The number of nitrogens with zero attached hydrogens (tertiary/aromatic N) is 4. The van der Waals surface area contributed by atoms with Gasteiger partial charge in [-0.15, -0.1) is 21.5 Å². The fourth-order valence-electron chi connectivity index (χ4n) is 1.99. The van der Waals surface area contributed by atoms with Crippen LogP contribution in [0.2, 0.25) is 0 Å². The van der Waals surface area contributed by atoms with E-state index in [-0.39, 0.29) is 18.3 Å². The molecule has 0 fully saturated rings. The summed E-state index contributed by atoms with van der Waals surface area (Å²) in [7, 11) is 0. The minimum Gasteiger partial charge on any atom is -0.350 e. The number of thiophene rings is 1. The summed E-state index contributed by atoms with van der Waals surface area (Å²) in [5, 5.41) is 16.7. The Morgan fingerprint density at radius 1 is 1.39 bits per heavy atom. The van der Waals surface area contributed by atoms with Crippen LogP contribution in [-0.2, 0) is 17.9 Å². The van der Waals surface area contributed by atoms with E-state index in [2.05, 4.69) is 20.7 Å². The van der Waals surface area contributed by atoms with E-state index < -0.39 is 0 Å². The molecule has 0 unspecified atom stereocenters. The first-order valence-electron chi connectivity index (χ1n) is 6.95. The Morgan fingerprint density at radius 2 is 2.26 bits per heavy atom. The van der Waals surface area contributed by atoms with Gasteiger partial charge in [-0.3, -0.25) is 4.79 Å². The average molecular weight is 331 g/mol. The second kappa shape index (κ2) is 6.66. The molecular formula is C15H14FN5OS. The maximum Gasteiger partial charge on any atom is 0.243 e. The number of hydrogen-bond acceptors (Lipinski definition) is 5. The van der Waals surface area contributed by atoms with Crippen LogP contribution in [0.4, 0.5) is 4.39 Å². The zero-order chi connectivity index (χ0) is 16.2. The van der Waals surface area contributed by atoms with E-state index >= 15 is 0 Å². The van der Waals surface area contributed by atoms with Crippen LogP contribution in [0.5, 0.6) is 0 Å².